The Hall–Kier alpha value is -5.07. The second kappa shape index (κ2) is 23.2. The molecule has 0 radical (unpaired) electrons. The summed E-state index contributed by atoms with van der Waals surface area (Å²) in [6.07, 6.45) is 13.1. The minimum absolute atomic E-state index is 0.0239. The SMILES string of the molecule is CC(O)(CNc1cc(CO)cc(C2C#CC3CC(=O)Oc4c3cc(c(O)c4C3CCCCC3)CC3OC(=O)C(=CC(O)Cc4cccc(c4)CC4C(=O)CCC5C4CC4CCCCC4C35O)C2)c1)C(O)COC1CCCCC1. The van der Waals surface area contributed by atoms with Gasteiger partial charge in [-0.1, -0.05) is 100.0 Å². The van der Waals surface area contributed by atoms with Gasteiger partial charge in [-0.25, -0.2) is 4.79 Å². The van der Waals surface area contributed by atoms with Crippen molar-refractivity contribution in [2.24, 2.45) is 29.6 Å². The molecule has 0 amide bonds. The number of hydrogen-bond donors (Lipinski definition) is 7. The number of fused-ring (bicyclic) bond motifs is 9. The van der Waals surface area contributed by atoms with Crippen molar-refractivity contribution in [3.8, 4) is 23.3 Å². The lowest BCUT2D eigenvalue weighted by atomic mass is 9.48. The highest BCUT2D eigenvalue weighted by atomic mass is 16.6. The predicted molar refractivity (Wildman–Crippen MR) is 294 cm³/mol. The van der Waals surface area contributed by atoms with Gasteiger partial charge in [-0.2, -0.15) is 0 Å². The molecule has 7 N–H and O–H groups in total. The maximum absolute atomic E-state index is 15.7. The molecule has 0 aromatic heterocycles. The third kappa shape index (κ3) is 11.3. The number of anilines is 1. The van der Waals surface area contributed by atoms with Gasteiger partial charge in [0.1, 0.15) is 40.7 Å². The second-order valence-corrected chi connectivity index (χ2v) is 25.0. The van der Waals surface area contributed by atoms with Crippen molar-refractivity contribution in [2.75, 3.05) is 18.5 Å². The van der Waals surface area contributed by atoms with Crippen molar-refractivity contribution < 1.29 is 59.2 Å². The van der Waals surface area contributed by atoms with Gasteiger partial charge in [0, 0.05) is 60.0 Å². The van der Waals surface area contributed by atoms with Crippen molar-refractivity contribution >= 4 is 23.4 Å². The zero-order valence-corrected chi connectivity index (χ0v) is 45.4. The molecule has 8 aliphatic rings. The summed E-state index contributed by atoms with van der Waals surface area (Å²) in [5.74, 6) is 3.49. The van der Waals surface area contributed by atoms with E-state index >= 15 is 4.79 Å². The summed E-state index contributed by atoms with van der Waals surface area (Å²) in [5, 5.41) is 76.1. The number of carbonyl (C=O) groups excluding carboxylic acids is 3. The van der Waals surface area contributed by atoms with Crippen LogP contribution in [0.15, 0.2) is 60.2 Å². The molecule has 13 heteroatoms. The van der Waals surface area contributed by atoms with Crippen molar-refractivity contribution in [2.45, 2.75) is 208 Å². The van der Waals surface area contributed by atoms with Crippen LogP contribution < -0.4 is 10.1 Å². The number of rotatable bonds is 10. The largest absolute Gasteiger partial charge is 0.507 e. The number of Topliss-reactive ketones (excluding diaryl/α,β-unsaturated/α-hetero) is 1. The van der Waals surface area contributed by atoms with Crippen LogP contribution in [0, 0.1) is 41.4 Å². The summed E-state index contributed by atoms with van der Waals surface area (Å²) in [6.45, 7) is 1.11. The number of nitrogens with one attached hydrogen (secondary N) is 1. The van der Waals surface area contributed by atoms with E-state index in [1.807, 2.05) is 42.5 Å². The smallest absolute Gasteiger partial charge is 0.334 e. The number of carbonyl (C=O) groups is 3. The highest BCUT2D eigenvalue weighted by molar-refractivity contribution is 5.89. The Kier molecular flexibility index (Phi) is 16.3. The lowest BCUT2D eigenvalue weighted by Gasteiger charge is -2.59. The quantitative estimate of drug-likeness (QED) is 0.0575. The van der Waals surface area contributed by atoms with Crippen LogP contribution in [0.5, 0.6) is 11.5 Å². The molecule has 13 nitrogen and oxygen atoms in total. The van der Waals surface area contributed by atoms with E-state index in [1.54, 1.807) is 13.0 Å². The number of phenolic OH excluding ortho intramolecular Hbond substituents is 1. The Morgan fingerprint density at radius 1 is 0.833 bits per heavy atom. The molecule has 3 aliphatic heterocycles. The molecular weight excluding hydrogens is 987 g/mol. The number of benzene rings is 3. The molecule has 12 unspecified atom stereocenters. The molecule has 12 atom stereocenters. The molecule has 5 aliphatic carbocycles. The van der Waals surface area contributed by atoms with E-state index in [9.17, 15) is 40.2 Å². The summed E-state index contributed by atoms with van der Waals surface area (Å²) in [6, 6.07) is 15.2. The molecule has 3 aromatic carbocycles. The van der Waals surface area contributed by atoms with Gasteiger partial charge in [0.25, 0.3) is 0 Å². The van der Waals surface area contributed by atoms with Gasteiger partial charge in [0.05, 0.1) is 37.8 Å². The molecule has 418 valence electrons. The summed E-state index contributed by atoms with van der Waals surface area (Å²) < 4.78 is 19.2. The fourth-order valence-electron chi connectivity index (χ4n) is 15.6. The topological polar surface area (TPSA) is 212 Å². The number of esters is 2. The molecule has 78 heavy (non-hydrogen) atoms. The first-order valence-corrected chi connectivity index (χ1v) is 29.7. The fraction of sp³-hybridized carbons (Fsp3) is 0.615. The zero-order chi connectivity index (χ0) is 54.3. The molecular formula is C65H81NO12. The number of phenols is 1. The number of aliphatic hydroxyl groups excluding tert-OH is 3. The van der Waals surface area contributed by atoms with Crippen molar-refractivity contribution in [1.82, 2.24) is 0 Å². The summed E-state index contributed by atoms with van der Waals surface area (Å²) in [7, 11) is 0. The van der Waals surface area contributed by atoms with E-state index < -0.39 is 59.2 Å². The van der Waals surface area contributed by atoms with E-state index in [0.717, 1.165) is 107 Å². The lowest BCUT2D eigenvalue weighted by molar-refractivity contribution is -0.228. The molecule has 5 fully saturated rings. The molecule has 0 saturated heterocycles. The van der Waals surface area contributed by atoms with Gasteiger partial charge in [0.2, 0.25) is 0 Å². The Morgan fingerprint density at radius 3 is 2.35 bits per heavy atom. The molecule has 10 bridgehead atoms. The predicted octanol–water partition coefficient (Wildman–Crippen LogP) is 9.08. The van der Waals surface area contributed by atoms with Crippen molar-refractivity contribution in [3.63, 3.8) is 0 Å². The summed E-state index contributed by atoms with van der Waals surface area (Å²) in [5.41, 5.74) is 2.04. The van der Waals surface area contributed by atoms with Crippen LogP contribution in [0.3, 0.4) is 0 Å². The van der Waals surface area contributed by atoms with Crippen LogP contribution in [-0.4, -0.2) is 97.1 Å². The Bertz CT molecular complexity index is 2820. The minimum Gasteiger partial charge on any atom is -0.507 e. The Labute approximate surface area is 459 Å². The van der Waals surface area contributed by atoms with Crippen molar-refractivity contribution in [1.29, 1.82) is 0 Å². The summed E-state index contributed by atoms with van der Waals surface area (Å²) in [4.78, 5) is 43.9. The molecule has 5 saturated carbocycles. The van der Waals surface area contributed by atoms with Gasteiger partial charge in [-0.3, -0.25) is 9.59 Å². The molecule has 11 rings (SSSR count). The van der Waals surface area contributed by atoms with Crippen LogP contribution in [0.4, 0.5) is 5.69 Å². The van der Waals surface area contributed by atoms with E-state index in [1.165, 1.54) is 6.08 Å². The molecule has 3 aromatic rings. The second-order valence-electron chi connectivity index (χ2n) is 25.0. The normalized spacial score (nSPS) is 31.8. The number of ketones is 1. The number of aromatic hydroxyl groups is 1. The average Bonchev–Trinajstić information content (AvgIpc) is 3.65. The lowest BCUT2D eigenvalue weighted by Crippen LogP contribution is -2.65. The van der Waals surface area contributed by atoms with Gasteiger partial charge >= 0.3 is 11.9 Å². The highest BCUT2D eigenvalue weighted by Crippen LogP contribution is 2.59. The molecule has 3 heterocycles. The summed E-state index contributed by atoms with van der Waals surface area (Å²) >= 11 is 0. The van der Waals surface area contributed by atoms with E-state index in [-0.39, 0.29) is 105 Å². The van der Waals surface area contributed by atoms with Crippen LogP contribution in [0.25, 0.3) is 0 Å². The van der Waals surface area contributed by atoms with E-state index in [4.69, 9.17) is 14.2 Å². The third-order valence-corrected chi connectivity index (χ3v) is 19.8. The van der Waals surface area contributed by atoms with Crippen LogP contribution in [0.1, 0.15) is 186 Å². The van der Waals surface area contributed by atoms with Crippen LogP contribution in [0.2, 0.25) is 0 Å². The first-order valence-electron chi connectivity index (χ1n) is 29.7. The first-order chi connectivity index (χ1) is 37.6. The van der Waals surface area contributed by atoms with Crippen LogP contribution in [-0.2, 0) is 49.7 Å². The maximum atomic E-state index is 15.7. The van der Waals surface area contributed by atoms with E-state index in [0.29, 0.717) is 52.1 Å². The standard InChI is InChI=1S/C65H81NO12/c1-64(74,57(70)36-76-50-16-6-3-7-17-50)37-66-48-25-40(35-67)24-45(29-48)42-19-20-43-34-59(71)78-62-51(43)32-46(61(72)60(62)41-13-4-2-5-14-41)33-58-65(75)54-18-9-8-15-44(54)31-52-53(56(69)22-21-55(52)65)27-39-12-10-11-38(23-39)26-49(68)30-47(28-42)63(73)77-58/h10-12,23-25,29-30,32,41-44,49-50,52-55,57-58,66-68,70,72,74-75H,2-9,13-18,21-22,26-28,31,33-37H2,1H3. The number of aliphatic hydroxyl groups is 5. The average molecular weight is 1070 g/mol. The van der Waals surface area contributed by atoms with Gasteiger partial charge in [-0.05, 0) is 146 Å². The van der Waals surface area contributed by atoms with Gasteiger partial charge in [0.15, 0.2) is 0 Å². The van der Waals surface area contributed by atoms with Crippen LogP contribution >= 0.6 is 0 Å². The van der Waals surface area contributed by atoms with E-state index in [2.05, 4.69) is 17.2 Å². The highest BCUT2D eigenvalue weighted by Gasteiger charge is 2.62. The Balaban J connectivity index is 1.06. The van der Waals surface area contributed by atoms with Gasteiger partial charge in [-0.15, -0.1) is 0 Å². The third-order valence-electron chi connectivity index (χ3n) is 19.8. The zero-order valence-electron chi connectivity index (χ0n) is 45.4. The maximum Gasteiger partial charge on any atom is 0.334 e. The minimum atomic E-state index is -1.61. The first kappa shape index (κ1) is 54.9. The number of ether oxygens (including phenoxy) is 3. The number of hydrogen-bond acceptors (Lipinski definition) is 13. The van der Waals surface area contributed by atoms with Crippen molar-refractivity contribution in [3.05, 3.63) is 99.1 Å². The Morgan fingerprint density at radius 2 is 1.56 bits per heavy atom. The van der Waals surface area contributed by atoms with Gasteiger partial charge < -0.3 is 50.2 Å². The molecule has 0 spiro atoms. The monoisotopic (exact) mass is 1070 g/mol. The fourth-order valence-corrected chi connectivity index (χ4v) is 15.6.